The molecular formula is C19H24O2. The fraction of sp³-hybridized carbons (Fsp3) is 0.368. The van der Waals surface area contributed by atoms with Gasteiger partial charge in [-0.25, -0.2) is 0 Å². The van der Waals surface area contributed by atoms with Gasteiger partial charge in [0, 0.05) is 12.0 Å². The SMILES string of the molecule is Cc1cc(Cc2c(O)ccc(C)c2O)cc(C(C)(C)C)c1. The maximum absolute atomic E-state index is 10.2. The normalized spacial score (nSPS) is 11.7. The van der Waals surface area contributed by atoms with E-state index >= 15 is 0 Å². The molecule has 0 bridgehead atoms. The number of phenolic OH excluding ortho intramolecular Hbond substituents is 2. The fourth-order valence-corrected chi connectivity index (χ4v) is 2.52. The van der Waals surface area contributed by atoms with Gasteiger partial charge in [-0.3, -0.25) is 0 Å². The smallest absolute Gasteiger partial charge is 0.125 e. The molecule has 0 aliphatic heterocycles. The molecule has 2 aromatic carbocycles. The van der Waals surface area contributed by atoms with Crippen LogP contribution in [0, 0.1) is 13.8 Å². The Labute approximate surface area is 127 Å². The Balaban J connectivity index is 2.46. The van der Waals surface area contributed by atoms with Gasteiger partial charge in [0.1, 0.15) is 11.5 Å². The molecule has 0 radical (unpaired) electrons. The standard InChI is InChI=1S/C19H24O2/c1-12-8-14(10-15(9-12)19(3,4)5)11-16-17(20)7-6-13(2)18(16)21/h6-10,20-21H,11H2,1-5H3. The van der Waals surface area contributed by atoms with Gasteiger partial charge < -0.3 is 10.2 Å². The van der Waals surface area contributed by atoms with Gasteiger partial charge in [-0.05, 0) is 42.0 Å². The summed E-state index contributed by atoms with van der Waals surface area (Å²) in [5.41, 5.74) is 5.04. The van der Waals surface area contributed by atoms with Crippen molar-refractivity contribution in [3.05, 3.63) is 58.1 Å². The lowest BCUT2D eigenvalue weighted by molar-refractivity contribution is 0.438. The zero-order valence-electron chi connectivity index (χ0n) is 13.5. The van der Waals surface area contributed by atoms with Crippen LogP contribution in [-0.2, 0) is 11.8 Å². The van der Waals surface area contributed by atoms with E-state index in [1.165, 1.54) is 11.1 Å². The molecule has 0 saturated carbocycles. The lowest BCUT2D eigenvalue weighted by Gasteiger charge is -2.21. The van der Waals surface area contributed by atoms with E-state index < -0.39 is 0 Å². The van der Waals surface area contributed by atoms with Crippen molar-refractivity contribution >= 4 is 0 Å². The van der Waals surface area contributed by atoms with E-state index in [9.17, 15) is 10.2 Å². The van der Waals surface area contributed by atoms with Crippen LogP contribution >= 0.6 is 0 Å². The van der Waals surface area contributed by atoms with Gasteiger partial charge in [0.2, 0.25) is 0 Å². The lowest BCUT2D eigenvalue weighted by atomic mass is 9.84. The molecule has 0 atom stereocenters. The average Bonchev–Trinajstić information content (AvgIpc) is 2.38. The van der Waals surface area contributed by atoms with Crippen LogP contribution in [0.4, 0.5) is 0 Å². The van der Waals surface area contributed by atoms with Gasteiger partial charge in [0.15, 0.2) is 0 Å². The number of benzene rings is 2. The Morgan fingerprint density at radius 3 is 2.24 bits per heavy atom. The third-order valence-corrected chi connectivity index (χ3v) is 3.84. The molecule has 0 heterocycles. The molecule has 0 unspecified atom stereocenters. The van der Waals surface area contributed by atoms with Gasteiger partial charge in [-0.2, -0.15) is 0 Å². The molecule has 0 aromatic heterocycles. The molecule has 0 aliphatic carbocycles. The Hall–Kier alpha value is -1.96. The minimum atomic E-state index is 0.0808. The summed E-state index contributed by atoms with van der Waals surface area (Å²) in [6.45, 7) is 10.5. The molecule has 2 aromatic rings. The third kappa shape index (κ3) is 3.38. The van der Waals surface area contributed by atoms with Gasteiger partial charge in [-0.1, -0.05) is 50.6 Å². The first-order chi connectivity index (χ1) is 9.68. The van der Waals surface area contributed by atoms with Crippen LogP contribution in [0.1, 0.15) is 48.6 Å². The summed E-state index contributed by atoms with van der Waals surface area (Å²) in [4.78, 5) is 0. The molecule has 21 heavy (non-hydrogen) atoms. The molecule has 2 rings (SSSR count). The summed E-state index contributed by atoms with van der Waals surface area (Å²) < 4.78 is 0. The number of aryl methyl sites for hydroxylation is 2. The van der Waals surface area contributed by atoms with Crippen molar-refractivity contribution in [1.82, 2.24) is 0 Å². The van der Waals surface area contributed by atoms with Gasteiger partial charge >= 0.3 is 0 Å². The van der Waals surface area contributed by atoms with Crippen LogP contribution in [-0.4, -0.2) is 10.2 Å². The predicted molar refractivity (Wildman–Crippen MR) is 87.2 cm³/mol. The van der Waals surface area contributed by atoms with Crippen molar-refractivity contribution < 1.29 is 10.2 Å². The van der Waals surface area contributed by atoms with Crippen molar-refractivity contribution in [2.45, 2.75) is 46.5 Å². The molecule has 0 aliphatic rings. The van der Waals surface area contributed by atoms with E-state index in [1.807, 2.05) is 6.92 Å². The highest BCUT2D eigenvalue weighted by molar-refractivity contribution is 5.50. The lowest BCUT2D eigenvalue weighted by Crippen LogP contribution is -2.12. The van der Waals surface area contributed by atoms with Gasteiger partial charge in [0.05, 0.1) is 0 Å². The second-order valence-corrected chi connectivity index (χ2v) is 6.86. The molecular weight excluding hydrogens is 260 g/mol. The van der Waals surface area contributed by atoms with Crippen molar-refractivity contribution in [3.8, 4) is 11.5 Å². The summed E-state index contributed by atoms with van der Waals surface area (Å²) in [7, 11) is 0. The first-order valence-electron chi connectivity index (χ1n) is 7.30. The molecule has 2 N–H and O–H groups in total. The van der Waals surface area contributed by atoms with Crippen LogP contribution in [0.2, 0.25) is 0 Å². The number of hydrogen-bond donors (Lipinski definition) is 2. The van der Waals surface area contributed by atoms with E-state index in [0.29, 0.717) is 12.0 Å². The highest BCUT2D eigenvalue weighted by atomic mass is 16.3. The summed E-state index contributed by atoms with van der Waals surface area (Å²) in [5, 5.41) is 20.2. The van der Waals surface area contributed by atoms with Crippen molar-refractivity contribution in [3.63, 3.8) is 0 Å². The minimum Gasteiger partial charge on any atom is -0.508 e. The Kier molecular flexibility index (Phi) is 3.99. The summed E-state index contributed by atoms with van der Waals surface area (Å²) >= 11 is 0. The predicted octanol–water partition coefficient (Wildman–Crippen LogP) is 4.60. The molecule has 2 nitrogen and oxygen atoms in total. The summed E-state index contributed by atoms with van der Waals surface area (Å²) in [6, 6.07) is 9.83. The van der Waals surface area contributed by atoms with Crippen molar-refractivity contribution in [1.29, 1.82) is 0 Å². The molecule has 2 heteroatoms. The first kappa shape index (κ1) is 15.4. The molecule has 112 valence electrons. The fourth-order valence-electron chi connectivity index (χ4n) is 2.52. The summed E-state index contributed by atoms with van der Waals surface area (Å²) in [5.74, 6) is 0.339. The second kappa shape index (κ2) is 5.44. The van der Waals surface area contributed by atoms with E-state index in [-0.39, 0.29) is 16.9 Å². The number of hydrogen-bond acceptors (Lipinski definition) is 2. The summed E-state index contributed by atoms with van der Waals surface area (Å²) in [6.07, 6.45) is 0.532. The topological polar surface area (TPSA) is 40.5 Å². The molecule has 0 fully saturated rings. The monoisotopic (exact) mass is 284 g/mol. The zero-order chi connectivity index (χ0) is 15.8. The second-order valence-electron chi connectivity index (χ2n) is 6.86. The van der Waals surface area contributed by atoms with Gasteiger partial charge in [0.25, 0.3) is 0 Å². The Morgan fingerprint density at radius 1 is 0.952 bits per heavy atom. The van der Waals surface area contributed by atoms with E-state index in [2.05, 4.69) is 45.9 Å². The van der Waals surface area contributed by atoms with Gasteiger partial charge in [-0.15, -0.1) is 0 Å². The van der Waals surface area contributed by atoms with Crippen LogP contribution in [0.5, 0.6) is 11.5 Å². The van der Waals surface area contributed by atoms with E-state index in [1.54, 1.807) is 12.1 Å². The molecule has 0 amide bonds. The van der Waals surface area contributed by atoms with E-state index in [0.717, 1.165) is 11.1 Å². The van der Waals surface area contributed by atoms with E-state index in [4.69, 9.17) is 0 Å². The highest BCUT2D eigenvalue weighted by Gasteiger charge is 2.16. The average molecular weight is 284 g/mol. The number of phenols is 2. The minimum absolute atomic E-state index is 0.0808. The third-order valence-electron chi connectivity index (χ3n) is 3.84. The van der Waals surface area contributed by atoms with Crippen molar-refractivity contribution in [2.24, 2.45) is 0 Å². The van der Waals surface area contributed by atoms with Crippen LogP contribution < -0.4 is 0 Å². The zero-order valence-corrected chi connectivity index (χ0v) is 13.5. The quantitative estimate of drug-likeness (QED) is 0.846. The highest BCUT2D eigenvalue weighted by Crippen LogP contribution is 2.33. The Bertz CT molecular complexity index is 664. The van der Waals surface area contributed by atoms with Crippen LogP contribution in [0.25, 0.3) is 0 Å². The molecule has 0 spiro atoms. The van der Waals surface area contributed by atoms with Crippen molar-refractivity contribution in [2.75, 3.05) is 0 Å². The number of aromatic hydroxyl groups is 2. The largest absolute Gasteiger partial charge is 0.508 e. The maximum Gasteiger partial charge on any atom is 0.125 e. The Morgan fingerprint density at radius 2 is 1.62 bits per heavy atom. The maximum atomic E-state index is 10.2. The first-order valence-corrected chi connectivity index (χ1v) is 7.30. The number of rotatable bonds is 2. The van der Waals surface area contributed by atoms with Crippen LogP contribution in [0.15, 0.2) is 30.3 Å². The van der Waals surface area contributed by atoms with Crippen LogP contribution in [0.3, 0.4) is 0 Å². The molecule has 0 saturated heterocycles.